The Morgan fingerprint density at radius 2 is 2.04 bits per heavy atom. The highest BCUT2D eigenvalue weighted by Gasteiger charge is 2.31. The molecular weight excluding hydrogens is 312 g/mol. The van der Waals surface area contributed by atoms with Crippen molar-refractivity contribution < 1.29 is 14.3 Å². The summed E-state index contributed by atoms with van der Waals surface area (Å²) in [6, 6.07) is 9.80. The van der Waals surface area contributed by atoms with E-state index in [2.05, 4.69) is 11.4 Å². The standard InChI is InChI=1S/C17H18N2O3S/c20-17(12-9-18-10-12)19(11-14-2-1-7-23-14)13-3-4-15-16(8-13)22-6-5-21-15/h1-4,7-8,12,18H,5-6,9-11H2. The maximum absolute atomic E-state index is 12.8. The van der Waals surface area contributed by atoms with Gasteiger partial charge >= 0.3 is 0 Å². The minimum atomic E-state index is 0.0585. The minimum Gasteiger partial charge on any atom is -0.486 e. The van der Waals surface area contributed by atoms with Crippen molar-refractivity contribution in [3.63, 3.8) is 0 Å². The van der Waals surface area contributed by atoms with Gasteiger partial charge in [0, 0.05) is 29.7 Å². The molecule has 120 valence electrons. The Hall–Kier alpha value is -2.05. The predicted octanol–water partition coefficient (Wildman–Crippen LogP) is 2.27. The normalized spacial score (nSPS) is 16.7. The molecule has 4 rings (SSSR count). The summed E-state index contributed by atoms with van der Waals surface area (Å²) in [7, 11) is 0. The van der Waals surface area contributed by atoms with E-state index in [1.807, 2.05) is 34.5 Å². The number of ether oxygens (including phenoxy) is 2. The lowest BCUT2D eigenvalue weighted by molar-refractivity contribution is -0.123. The van der Waals surface area contributed by atoms with Crippen molar-refractivity contribution in [3.8, 4) is 11.5 Å². The summed E-state index contributed by atoms with van der Waals surface area (Å²) < 4.78 is 11.2. The van der Waals surface area contributed by atoms with Crippen LogP contribution in [0.1, 0.15) is 4.88 Å². The molecule has 2 aliphatic heterocycles. The van der Waals surface area contributed by atoms with Crippen molar-refractivity contribution in [1.29, 1.82) is 0 Å². The highest BCUT2D eigenvalue weighted by atomic mass is 32.1. The van der Waals surface area contributed by atoms with E-state index in [1.165, 1.54) is 4.88 Å². The Balaban J connectivity index is 1.64. The van der Waals surface area contributed by atoms with Gasteiger partial charge in [0.05, 0.1) is 12.5 Å². The number of hydrogen-bond acceptors (Lipinski definition) is 5. The molecule has 0 bridgehead atoms. The second kappa shape index (κ2) is 6.22. The van der Waals surface area contributed by atoms with Crippen LogP contribution in [0.2, 0.25) is 0 Å². The van der Waals surface area contributed by atoms with Crippen LogP contribution in [-0.4, -0.2) is 32.2 Å². The monoisotopic (exact) mass is 330 g/mol. The molecule has 3 heterocycles. The van der Waals surface area contributed by atoms with Crippen LogP contribution in [0.25, 0.3) is 0 Å². The molecule has 1 aromatic carbocycles. The molecule has 23 heavy (non-hydrogen) atoms. The third-order valence-corrected chi connectivity index (χ3v) is 4.99. The van der Waals surface area contributed by atoms with Crippen LogP contribution >= 0.6 is 11.3 Å². The van der Waals surface area contributed by atoms with Crippen LogP contribution in [0.5, 0.6) is 11.5 Å². The summed E-state index contributed by atoms with van der Waals surface area (Å²) in [5.41, 5.74) is 0.861. The summed E-state index contributed by atoms with van der Waals surface area (Å²) in [4.78, 5) is 15.9. The first-order chi connectivity index (χ1) is 11.3. The van der Waals surface area contributed by atoms with Crippen molar-refractivity contribution >= 4 is 22.9 Å². The Labute approximate surface area is 138 Å². The van der Waals surface area contributed by atoms with E-state index in [4.69, 9.17) is 9.47 Å². The number of anilines is 1. The van der Waals surface area contributed by atoms with E-state index in [0.29, 0.717) is 25.5 Å². The molecule has 1 fully saturated rings. The maximum atomic E-state index is 12.8. The van der Waals surface area contributed by atoms with Crippen molar-refractivity contribution in [2.45, 2.75) is 6.54 Å². The number of nitrogens with one attached hydrogen (secondary N) is 1. The summed E-state index contributed by atoms with van der Waals surface area (Å²) >= 11 is 1.66. The lowest BCUT2D eigenvalue weighted by Crippen LogP contribution is -2.52. The molecule has 1 saturated heterocycles. The van der Waals surface area contributed by atoms with E-state index in [0.717, 1.165) is 24.5 Å². The van der Waals surface area contributed by atoms with Crippen molar-refractivity contribution in [2.24, 2.45) is 5.92 Å². The molecule has 1 N–H and O–H groups in total. The molecule has 0 saturated carbocycles. The van der Waals surface area contributed by atoms with Crippen LogP contribution in [0.3, 0.4) is 0 Å². The van der Waals surface area contributed by atoms with Gasteiger partial charge in [-0.05, 0) is 23.6 Å². The first-order valence-corrected chi connectivity index (χ1v) is 8.63. The molecule has 0 atom stereocenters. The molecule has 2 aromatic rings. The lowest BCUT2D eigenvalue weighted by atomic mass is 10.0. The molecule has 2 aliphatic rings. The van der Waals surface area contributed by atoms with Gasteiger partial charge in [0.1, 0.15) is 13.2 Å². The van der Waals surface area contributed by atoms with Gasteiger partial charge in [0.15, 0.2) is 11.5 Å². The van der Waals surface area contributed by atoms with Gasteiger partial charge in [-0.15, -0.1) is 11.3 Å². The second-order valence-electron chi connectivity index (χ2n) is 5.69. The topological polar surface area (TPSA) is 50.8 Å². The lowest BCUT2D eigenvalue weighted by Gasteiger charge is -2.33. The van der Waals surface area contributed by atoms with Crippen molar-refractivity contribution in [3.05, 3.63) is 40.6 Å². The van der Waals surface area contributed by atoms with Crippen LogP contribution in [0.4, 0.5) is 5.69 Å². The number of nitrogens with zero attached hydrogens (tertiary/aromatic N) is 1. The fourth-order valence-electron chi connectivity index (χ4n) is 2.74. The Morgan fingerprint density at radius 1 is 1.22 bits per heavy atom. The largest absolute Gasteiger partial charge is 0.486 e. The van der Waals surface area contributed by atoms with Crippen LogP contribution in [0.15, 0.2) is 35.7 Å². The quantitative estimate of drug-likeness (QED) is 0.934. The van der Waals surface area contributed by atoms with Crippen LogP contribution < -0.4 is 19.7 Å². The number of carbonyl (C=O) groups is 1. The molecule has 0 radical (unpaired) electrons. The van der Waals surface area contributed by atoms with E-state index >= 15 is 0 Å². The first-order valence-electron chi connectivity index (χ1n) is 7.75. The van der Waals surface area contributed by atoms with Gasteiger partial charge in [-0.1, -0.05) is 6.07 Å². The number of rotatable bonds is 4. The molecule has 1 amide bonds. The van der Waals surface area contributed by atoms with Gasteiger partial charge in [0.2, 0.25) is 5.91 Å². The van der Waals surface area contributed by atoms with E-state index < -0.39 is 0 Å². The second-order valence-corrected chi connectivity index (χ2v) is 6.72. The van der Waals surface area contributed by atoms with Crippen molar-refractivity contribution in [2.75, 3.05) is 31.2 Å². The number of thiophene rings is 1. The zero-order valence-corrected chi connectivity index (χ0v) is 13.5. The van der Waals surface area contributed by atoms with E-state index in [1.54, 1.807) is 11.3 Å². The molecule has 5 nitrogen and oxygen atoms in total. The molecule has 0 aliphatic carbocycles. The smallest absolute Gasteiger partial charge is 0.233 e. The summed E-state index contributed by atoms with van der Waals surface area (Å²) in [5, 5.41) is 5.20. The molecule has 0 unspecified atom stereocenters. The van der Waals surface area contributed by atoms with Gasteiger partial charge < -0.3 is 19.7 Å². The average Bonchev–Trinajstić information content (AvgIpc) is 3.03. The van der Waals surface area contributed by atoms with Gasteiger partial charge in [-0.3, -0.25) is 4.79 Å². The zero-order valence-electron chi connectivity index (χ0n) is 12.7. The zero-order chi connectivity index (χ0) is 15.6. The molecule has 1 aromatic heterocycles. The molecular formula is C17H18N2O3S. The molecule has 0 spiro atoms. The highest BCUT2D eigenvalue weighted by molar-refractivity contribution is 7.09. The van der Waals surface area contributed by atoms with Gasteiger partial charge in [-0.25, -0.2) is 0 Å². The predicted molar refractivity (Wildman–Crippen MR) is 89.3 cm³/mol. The number of fused-ring (bicyclic) bond motifs is 1. The maximum Gasteiger partial charge on any atom is 0.233 e. The fraction of sp³-hybridized carbons (Fsp3) is 0.353. The minimum absolute atomic E-state index is 0.0585. The van der Waals surface area contributed by atoms with Crippen molar-refractivity contribution in [1.82, 2.24) is 5.32 Å². The highest BCUT2D eigenvalue weighted by Crippen LogP contribution is 2.35. The average molecular weight is 330 g/mol. The number of carbonyl (C=O) groups excluding carboxylic acids is 1. The summed E-state index contributed by atoms with van der Waals surface area (Å²) in [5.74, 6) is 1.68. The van der Waals surface area contributed by atoms with E-state index in [9.17, 15) is 4.79 Å². The summed E-state index contributed by atoms with van der Waals surface area (Å²) in [6.07, 6.45) is 0. The fourth-order valence-corrected chi connectivity index (χ4v) is 3.43. The third-order valence-electron chi connectivity index (χ3n) is 4.13. The van der Waals surface area contributed by atoms with Crippen LogP contribution in [0, 0.1) is 5.92 Å². The molecule has 6 heteroatoms. The summed E-state index contributed by atoms with van der Waals surface area (Å²) in [6.45, 7) is 3.21. The van der Waals surface area contributed by atoms with Gasteiger partial charge in [0.25, 0.3) is 0 Å². The third kappa shape index (κ3) is 2.92. The Bertz CT molecular complexity index is 698. The SMILES string of the molecule is O=C(C1CNC1)N(Cc1cccs1)c1ccc2c(c1)OCCO2. The Morgan fingerprint density at radius 3 is 2.74 bits per heavy atom. The number of benzene rings is 1. The van der Waals surface area contributed by atoms with Gasteiger partial charge in [-0.2, -0.15) is 0 Å². The number of amides is 1. The van der Waals surface area contributed by atoms with E-state index in [-0.39, 0.29) is 11.8 Å². The van der Waals surface area contributed by atoms with Crippen LogP contribution in [-0.2, 0) is 11.3 Å². The first kappa shape index (κ1) is 14.5. The number of hydrogen-bond donors (Lipinski definition) is 1. The Kier molecular flexibility index (Phi) is 3.93.